The van der Waals surface area contributed by atoms with Crippen LogP contribution >= 0.6 is 11.6 Å². The highest BCUT2D eigenvalue weighted by Crippen LogP contribution is 2.40. The predicted octanol–water partition coefficient (Wildman–Crippen LogP) is 1.93. The Kier molecular flexibility index (Phi) is 3.24. The molecule has 1 aromatic carbocycles. The second kappa shape index (κ2) is 4.90. The highest BCUT2D eigenvalue weighted by atomic mass is 35.5. The van der Waals surface area contributed by atoms with Crippen LogP contribution in [0.4, 0.5) is 0 Å². The Morgan fingerprint density at radius 1 is 1.42 bits per heavy atom. The molecule has 0 N–H and O–H groups in total. The molecule has 19 heavy (non-hydrogen) atoms. The zero-order chi connectivity index (χ0) is 13.4. The number of fused-ring (bicyclic) bond motifs is 1. The topological polar surface area (TPSA) is 48.0 Å². The van der Waals surface area contributed by atoms with Gasteiger partial charge in [-0.15, -0.1) is 0 Å². The lowest BCUT2D eigenvalue weighted by molar-refractivity contribution is -0.0124. The van der Waals surface area contributed by atoms with Crippen molar-refractivity contribution in [3.8, 4) is 11.5 Å². The van der Waals surface area contributed by atoms with Crippen LogP contribution in [0.25, 0.3) is 0 Å². The van der Waals surface area contributed by atoms with Gasteiger partial charge >= 0.3 is 0 Å². The van der Waals surface area contributed by atoms with E-state index in [2.05, 4.69) is 0 Å². The quantitative estimate of drug-likeness (QED) is 0.790. The lowest BCUT2D eigenvalue weighted by Crippen LogP contribution is -2.44. The third-order valence-corrected chi connectivity index (χ3v) is 3.48. The van der Waals surface area contributed by atoms with E-state index in [0.29, 0.717) is 41.8 Å². The molecule has 0 radical (unpaired) electrons. The molecule has 0 aromatic heterocycles. The molecule has 2 aliphatic heterocycles. The number of hydrogen-bond donors (Lipinski definition) is 0. The Bertz CT molecular complexity index is 520. The minimum Gasteiger partial charge on any atom is -0.454 e. The van der Waals surface area contributed by atoms with Crippen molar-refractivity contribution in [1.82, 2.24) is 4.90 Å². The van der Waals surface area contributed by atoms with E-state index >= 15 is 0 Å². The monoisotopic (exact) mass is 283 g/mol. The van der Waals surface area contributed by atoms with Crippen molar-refractivity contribution in [3.63, 3.8) is 0 Å². The lowest BCUT2D eigenvalue weighted by atomic mass is 10.1. The maximum absolute atomic E-state index is 12.4. The second-order valence-corrected chi connectivity index (χ2v) is 5.03. The molecule has 1 fully saturated rings. The first kappa shape index (κ1) is 12.6. The molecule has 1 saturated heterocycles. The fourth-order valence-electron chi connectivity index (χ4n) is 2.28. The zero-order valence-corrected chi connectivity index (χ0v) is 11.3. The second-order valence-electron chi connectivity index (χ2n) is 4.62. The average molecular weight is 284 g/mol. The molecule has 0 saturated carbocycles. The van der Waals surface area contributed by atoms with E-state index in [0.717, 1.165) is 0 Å². The van der Waals surface area contributed by atoms with Gasteiger partial charge < -0.3 is 19.1 Å². The molecule has 3 rings (SSSR count). The third-order valence-electron chi connectivity index (χ3n) is 3.20. The van der Waals surface area contributed by atoms with Gasteiger partial charge in [-0.25, -0.2) is 0 Å². The predicted molar refractivity (Wildman–Crippen MR) is 68.9 cm³/mol. The van der Waals surface area contributed by atoms with Crippen molar-refractivity contribution in [3.05, 3.63) is 22.7 Å². The first-order valence-corrected chi connectivity index (χ1v) is 6.53. The summed E-state index contributed by atoms with van der Waals surface area (Å²) in [5, 5.41) is 0.402. The first-order chi connectivity index (χ1) is 9.15. The van der Waals surface area contributed by atoms with E-state index in [4.69, 9.17) is 25.8 Å². The Hall–Kier alpha value is -1.46. The molecule has 2 aliphatic rings. The molecule has 0 aliphatic carbocycles. The van der Waals surface area contributed by atoms with E-state index < -0.39 is 0 Å². The molecule has 1 amide bonds. The van der Waals surface area contributed by atoms with Crippen molar-refractivity contribution in [2.75, 3.05) is 26.5 Å². The molecular formula is C13H14ClNO4. The van der Waals surface area contributed by atoms with Gasteiger partial charge in [-0.1, -0.05) is 11.6 Å². The summed E-state index contributed by atoms with van der Waals surface area (Å²) >= 11 is 6.09. The molecule has 1 atom stereocenters. The maximum atomic E-state index is 12.4. The third kappa shape index (κ3) is 2.35. The van der Waals surface area contributed by atoms with Gasteiger partial charge in [0.15, 0.2) is 11.5 Å². The van der Waals surface area contributed by atoms with Crippen molar-refractivity contribution in [2.24, 2.45) is 0 Å². The Morgan fingerprint density at radius 2 is 2.26 bits per heavy atom. The van der Waals surface area contributed by atoms with Crippen LogP contribution in [0.15, 0.2) is 12.1 Å². The summed E-state index contributed by atoms with van der Waals surface area (Å²) < 4.78 is 15.9. The van der Waals surface area contributed by atoms with Crippen molar-refractivity contribution in [2.45, 2.75) is 13.0 Å². The minimum atomic E-state index is -0.0599. The van der Waals surface area contributed by atoms with Gasteiger partial charge in [-0.2, -0.15) is 0 Å². The fourth-order valence-corrected chi connectivity index (χ4v) is 2.54. The van der Waals surface area contributed by atoms with Gasteiger partial charge in [0, 0.05) is 18.7 Å². The summed E-state index contributed by atoms with van der Waals surface area (Å²) in [5.41, 5.74) is 0.517. The Labute approximate surface area is 116 Å². The normalized spacial score (nSPS) is 21.6. The SMILES string of the molecule is CC1CN(C(=O)c2cc(Cl)c3c(c2)OCO3)CCO1. The van der Waals surface area contributed by atoms with E-state index in [1.807, 2.05) is 6.92 Å². The Morgan fingerprint density at radius 3 is 3.05 bits per heavy atom. The first-order valence-electron chi connectivity index (χ1n) is 6.15. The van der Waals surface area contributed by atoms with E-state index in [1.165, 1.54) is 0 Å². The standard InChI is InChI=1S/C13H14ClNO4/c1-8-6-15(2-3-17-8)13(16)9-4-10(14)12-11(5-9)18-7-19-12/h4-5,8H,2-3,6-7H2,1H3. The number of morpholine rings is 1. The van der Waals surface area contributed by atoms with Gasteiger partial charge in [0.25, 0.3) is 5.91 Å². The van der Waals surface area contributed by atoms with Gasteiger partial charge in [0.2, 0.25) is 6.79 Å². The minimum absolute atomic E-state index is 0.0576. The van der Waals surface area contributed by atoms with E-state index in [1.54, 1.807) is 17.0 Å². The van der Waals surface area contributed by atoms with Crippen LogP contribution in [-0.4, -0.2) is 43.4 Å². The highest BCUT2D eigenvalue weighted by molar-refractivity contribution is 6.32. The molecule has 1 unspecified atom stereocenters. The molecule has 5 nitrogen and oxygen atoms in total. The molecule has 2 heterocycles. The van der Waals surface area contributed by atoms with Crippen LogP contribution in [0, 0.1) is 0 Å². The van der Waals surface area contributed by atoms with E-state index in [-0.39, 0.29) is 18.8 Å². The van der Waals surface area contributed by atoms with E-state index in [9.17, 15) is 4.79 Å². The zero-order valence-electron chi connectivity index (χ0n) is 10.5. The summed E-state index contributed by atoms with van der Waals surface area (Å²) in [4.78, 5) is 14.2. The number of nitrogens with zero attached hydrogens (tertiary/aromatic N) is 1. The number of carbonyl (C=O) groups is 1. The molecule has 1 aromatic rings. The molecule has 0 bridgehead atoms. The number of halogens is 1. The highest BCUT2D eigenvalue weighted by Gasteiger charge is 2.26. The largest absolute Gasteiger partial charge is 0.454 e. The smallest absolute Gasteiger partial charge is 0.254 e. The summed E-state index contributed by atoms with van der Waals surface area (Å²) in [7, 11) is 0. The molecule has 102 valence electrons. The van der Waals surface area contributed by atoms with Gasteiger partial charge in [0.1, 0.15) is 0 Å². The number of benzene rings is 1. The van der Waals surface area contributed by atoms with Crippen LogP contribution < -0.4 is 9.47 Å². The number of hydrogen-bond acceptors (Lipinski definition) is 4. The summed E-state index contributed by atoms with van der Waals surface area (Å²) in [6.07, 6.45) is 0.0576. The maximum Gasteiger partial charge on any atom is 0.254 e. The Balaban J connectivity index is 1.86. The van der Waals surface area contributed by atoms with Crippen LogP contribution in [0.3, 0.4) is 0 Å². The van der Waals surface area contributed by atoms with Crippen molar-refractivity contribution >= 4 is 17.5 Å². The van der Waals surface area contributed by atoms with Gasteiger partial charge in [0.05, 0.1) is 17.7 Å². The van der Waals surface area contributed by atoms with Gasteiger partial charge in [-0.3, -0.25) is 4.79 Å². The molecule has 6 heteroatoms. The number of ether oxygens (including phenoxy) is 3. The number of amides is 1. The summed E-state index contributed by atoms with van der Waals surface area (Å²) in [5.74, 6) is 0.973. The van der Waals surface area contributed by atoms with Crippen molar-refractivity contribution in [1.29, 1.82) is 0 Å². The van der Waals surface area contributed by atoms with Crippen LogP contribution in [-0.2, 0) is 4.74 Å². The molecular weight excluding hydrogens is 270 g/mol. The average Bonchev–Trinajstić information content (AvgIpc) is 2.86. The number of carbonyl (C=O) groups excluding carboxylic acids is 1. The number of rotatable bonds is 1. The summed E-state index contributed by atoms with van der Waals surface area (Å²) in [6, 6.07) is 3.30. The van der Waals surface area contributed by atoms with Gasteiger partial charge in [-0.05, 0) is 19.1 Å². The summed E-state index contributed by atoms with van der Waals surface area (Å²) in [6.45, 7) is 3.83. The van der Waals surface area contributed by atoms with Crippen molar-refractivity contribution < 1.29 is 19.0 Å². The molecule has 0 spiro atoms. The van der Waals surface area contributed by atoms with Crippen LogP contribution in [0.1, 0.15) is 17.3 Å². The fraction of sp³-hybridized carbons (Fsp3) is 0.462. The lowest BCUT2D eigenvalue weighted by Gasteiger charge is -2.31. The van der Waals surface area contributed by atoms with Crippen LogP contribution in [0.2, 0.25) is 5.02 Å². The van der Waals surface area contributed by atoms with Crippen LogP contribution in [0.5, 0.6) is 11.5 Å².